The van der Waals surface area contributed by atoms with Crippen LogP contribution in [-0.4, -0.2) is 15.3 Å². The van der Waals surface area contributed by atoms with E-state index >= 15 is 0 Å². The lowest BCUT2D eigenvalue weighted by Gasteiger charge is -2.59. The van der Waals surface area contributed by atoms with Gasteiger partial charge in [0.2, 0.25) is 0 Å². The van der Waals surface area contributed by atoms with Gasteiger partial charge >= 0.3 is 0 Å². The molecule has 0 heterocycles. The zero-order valence-corrected chi connectivity index (χ0v) is 15.2. The van der Waals surface area contributed by atoms with Crippen LogP contribution in [-0.2, 0) is 12.0 Å². The minimum Gasteiger partial charge on any atom is -0.385 e. The molecule has 4 fully saturated rings. The van der Waals surface area contributed by atoms with Gasteiger partial charge in [0.25, 0.3) is 0 Å². The second-order valence-corrected chi connectivity index (χ2v) is 8.93. The standard InChI is InChI=1S/C19H28OSi/c20-19(16-5-3-13(4-6-16)2-1-7-21)17-9-14-8-15(11-17)12-18(19)10-14/h3-6,14-15,17-18,20H,1-2,7-12H2,21H3. The van der Waals surface area contributed by atoms with Gasteiger partial charge in [-0.25, -0.2) is 0 Å². The Morgan fingerprint density at radius 2 is 1.52 bits per heavy atom. The molecule has 0 unspecified atom stereocenters. The lowest BCUT2D eigenvalue weighted by Crippen LogP contribution is -2.55. The van der Waals surface area contributed by atoms with E-state index in [9.17, 15) is 5.11 Å². The molecule has 4 bridgehead atoms. The summed E-state index contributed by atoms with van der Waals surface area (Å²) in [6.45, 7) is 0. The van der Waals surface area contributed by atoms with Gasteiger partial charge in [0.05, 0.1) is 5.60 Å². The van der Waals surface area contributed by atoms with Crippen molar-refractivity contribution in [2.24, 2.45) is 23.7 Å². The molecule has 4 aliphatic carbocycles. The van der Waals surface area contributed by atoms with Crippen LogP contribution in [0.1, 0.15) is 49.7 Å². The Morgan fingerprint density at radius 3 is 2.05 bits per heavy atom. The van der Waals surface area contributed by atoms with E-state index in [4.69, 9.17) is 0 Å². The average molecular weight is 301 g/mol. The van der Waals surface area contributed by atoms with E-state index in [1.807, 2.05) is 0 Å². The Hall–Kier alpha value is -0.603. The highest BCUT2D eigenvalue weighted by Gasteiger charge is 2.57. The molecular weight excluding hydrogens is 272 g/mol. The Kier molecular flexibility index (Phi) is 3.50. The minimum absolute atomic E-state index is 0.510. The van der Waals surface area contributed by atoms with Gasteiger partial charge in [-0.2, -0.15) is 0 Å². The van der Waals surface area contributed by atoms with Crippen molar-refractivity contribution < 1.29 is 5.11 Å². The molecule has 5 rings (SSSR count). The van der Waals surface area contributed by atoms with Crippen molar-refractivity contribution in [2.75, 3.05) is 0 Å². The van der Waals surface area contributed by atoms with Crippen molar-refractivity contribution in [1.82, 2.24) is 0 Å². The quantitative estimate of drug-likeness (QED) is 0.848. The van der Waals surface area contributed by atoms with Crippen LogP contribution in [0, 0.1) is 23.7 Å². The normalized spacial score (nSPS) is 40.8. The topological polar surface area (TPSA) is 20.2 Å². The zero-order chi connectivity index (χ0) is 14.4. The Labute approximate surface area is 131 Å². The maximum atomic E-state index is 11.5. The molecule has 0 radical (unpaired) electrons. The van der Waals surface area contributed by atoms with Crippen LogP contribution < -0.4 is 0 Å². The summed E-state index contributed by atoms with van der Waals surface area (Å²) in [5, 5.41) is 11.5. The molecule has 0 amide bonds. The number of hydrogen-bond donors (Lipinski definition) is 1. The van der Waals surface area contributed by atoms with Crippen LogP contribution in [0.3, 0.4) is 0 Å². The van der Waals surface area contributed by atoms with Gasteiger partial charge in [-0.3, -0.25) is 0 Å². The second kappa shape index (κ2) is 5.24. The van der Waals surface area contributed by atoms with Gasteiger partial charge in [0.15, 0.2) is 0 Å². The molecule has 0 saturated heterocycles. The molecule has 21 heavy (non-hydrogen) atoms. The van der Waals surface area contributed by atoms with Gasteiger partial charge in [0.1, 0.15) is 0 Å². The van der Waals surface area contributed by atoms with E-state index in [-0.39, 0.29) is 0 Å². The van der Waals surface area contributed by atoms with Crippen LogP contribution in [0.2, 0.25) is 6.04 Å². The highest BCUT2D eigenvalue weighted by atomic mass is 28.1. The van der Waals surface area contributed by atoms with Crippen molar-refractivity contribution in [1.29, 1.82) is 0 Å². The lowest BCUT2D eigenvalue weighted by molar-refractivity contribution is -0.179. The summed E-state index contributed by atoms with van der Waals surface area (Å²) < 4.78 is 0. The van der Waals surface area contributed by atoms with Crippen molar-refractivity contribution in [3.63, 3.8) is 0 Å². The van der Waals surface area contributed by atoms with E-state index in [1.54, 1.807) is 0 Å². The SMILES string of the molecule is OC1(c2ccc(CCC[SiH3])cc2)C2CC3CC(C2)CC1C3. The second-order valence-electron chi connectivity index (χ2n) is 7.93. The molecule has 1 aromatic carbocycles. The Balaban J connectivity index is 1.60. The third kappa shape index (κ3) is 2.22. The van der Waals surface area contributed by atoms with Crippen molar-refractivity contribution >= 4 is 10.2 Å². The minimum atomic E-state index is -0.510. The highest BCUT2D eigenvalue weighted by molar-refractivity contribution is 6.08. The summed E-state index contributed by atoms with van der Waals surface area (Å²) in [7, 11) is 1.31. The van der Waals surface area contributed by atoms with Crippen molar-refractivity contribution in [2.45, 2.75) is 56.6 Å². The van der Waals surface area contributed by atoms with E-state index in [2.05, 4.69) is 24.3 Å². The molecule has 1 N–H and O–H groups in total. The fourth-order valence-electron chi connectivity index (χ4n) is 5.69. The largest absolute Gasteiger partial charge is 0.385 e. The molecule has 1 aromatic rings. The van der Waals surface area contributed by atoms with Crippen LogP contribution in [0.5, 0.6) is 0 Å². The third-order valence-electron chi connectivity index (χ3n) is 6.62. The van der Waals surface area contributed by atoms with Gasteiger partial charge < -0.3 is 5.11 Å². The first kappa shape index (κ1) is 14.0. The first-order valence-electron chi connectivity index (χ1n) is 9.02. The number of benzene rings is 1. The molecule has 0 atom stereocenters. The number of hydrogen-bond acceptors (Lipinski definition) is 1. The summed E-state index contributed by atoms with van der Waals surface area (Å²) >= 11 is 0. The van der Waals surface area contributed by atoms with E-state index in [0.29, 0.717) is 11.8 Å². The van der Waals surface area contributed by atoms with Crippen molar-refractivity contribution in [3.8, 4) is 0 Å². The predicted molar refractivity (Wildman–Crippen MR) is 90.5 cm³/mol. The van der Waals surface area contributed by atoms with Crippen LogP contribution in [0.4, 0.5) is 0 Å². The lowest BCUT2D eigenvalue weighted by atomic mass is 9.48. The molecule has 4 saturated carbocycles. The first-order chi connectivity index (χ1) is 10.2. The molecule has 2 heteroatoms. The average Bonchev–Trinajstić information content (AvgIpc) is 2.50. The summed E-state index contributed by atoms with van der Waals surface area (Å²) in [6.07, 6.45) is 9.06. The van der Waals surface area contributed by atoms with Gasteiger partial charge in [-0.05, 0) is 73.3 Å². The molecular formula is C19H28OSi. The fourth-order valence-corrected chi connectivity index (χ4v) is 6.05. The van der Waals surface area contributed by atoms with E-state index < -0.39 is 5.60 Å². The maximum absolute atomic E-state index is 11.5. The van der Waals surface area contributed by atoms with Gasteiger partial charge in [-0.1, -0.05) is 36.7 Å². The van der Waals surface area contributed by atoms with E-state index in [0.717, 1.165) is 11.8 Å². The monoisotopic (exact) mass is 300 g/mol. The maximum Gasteiger partial charge on any atom is 0.0952 e. The summed E-state index contributed by atoms with van der Waals surface area (Å²) in [5.41, 5.74) is 2.15. The summed E-state index contributed by atoms with van der Waals surface area (Å²) in [4.78, 5) is 0. The number of rotatable bonds is 4. The van der Waals surface area contributed by atoms with Crippen LogP contribution in [0.25, 0.3) is 0 Å². The molecule has 0 aromatic heterocycles. The van der Waals surface area contributed by atoms with Gasteiger partial charge in [-0.15, -0.1) is 0 Å². The third-order valence-corrected chi connectivity index (χ3v) is 7.33. The predicted octanol–water partition coefficient (Wildman–Crippen LogP) is 3.05. The molecule has 4 aliphatic rings. The zero-order valence-electron chi connectivity index (χ0n) is 13.2. The molecule has 0 spiro atoms. The van der Waals surface area contributed by atoms with Crippen molar-refractivity contribution in [3.05, 3.63) is 35.4 Å². The smallest absolute Gasteiger partial charge is 0.0952 e. The van der Waals surface area contributed by atoms with Gasteiger partial charge in [0, 0.05) is 10.2 Å². The fraction of sp³-hybridized carbons (Fsp3) is 0.684. The molecule has 0 aliphatic heterocycles. The number of aliphatic hydroxyl groups is 1. The Morgan fingerprint density at radius 1 is 0.952 bits per heavy atom. The molecule has 114 valence electrons. The summed E-state index contributed by atoms with van der Waals surface area (Å²) in [6, 6.07) is 10.4. The summed E-state index contributed by atoms with van der Waals surface area (Å²) in [5.74, 6) is 2.89. The highest BCUT2D eigenvalue weighted by Crippen LogP contribution is 2.61. The van der Waals surface area contributed by atoms with Crippen LogP contribution in [0.15, 0.2) is 24.3 Å². The number of aryl methyl sites for hydroxylation is 1. The molecule has 1 nitrogen and oxygen atoms in total. The Bertz CT molecular complexity index is 479. The first-order valence-corrected chi connectivity index (χ1v) is 10.4. The van der Waals surface area contributed by atoms with Crippen LogP contribution >= 0.6 is 0 Å². The van der Waals surface area contributed by atoms with E-state index in [1.165, 1.54) is 72.4 Å².